The van der Waals surface area contributed by atoms with Crippen LogP contribution in [-0.2, 0) is 82.8 Å². The summed E-state index contributed by atoms with van der Waals surface area (Å²) >= 11 is 15.7. The van der Waals surface area contributed by atoms with E-state index >= 15 is 0 Å². The van der Waals surface area contributed by atoms with Crippen molar-refractivity contribution in [3.63, 3.8) is 0 Å². The summed E-state index contributed by atoms with van der Waals surface area (Å²) in [7, 11) is 0. The van der Waals surface area contributed by atoms with Crippen LogP contribution >= 0.6 is 45.9 Å². The number of nitrogens with zero attached hydrogens (tertiary/aromatic N) is 13. The first-order valence-corrected chi connectivity index (χ1v) is 51.9. The molecule has 5 aromatic heterocycles. The number of halogens is 2. The van der Waals surface area contributed by atoms with E-state index in [1.54, 1.807) is 57.5 Å². The molecule has 20 rings (SSSR count). The van der Waals surface area contributed by atoms with Crippen LogP contribution in [0, 0.1) is 25.7 Å². The number of hydrogen-bond donors (Lipinski definition) is 8. The third-order valence-electron chi connectivity index (χ3n) is 27.8. The topological polar surface area (TPSA) is 354 Å². The number of piperazine rings is 2. The van der Waals surface area contributed by atoms with Crippen LogP contribution < -0.4 is 36.1 Å². The van der Waals surface area contributed by atoms with Crippen LogP contribution in [0.25, 0.3) is 54.8 Å². The molecule has 0 spiro atoms. The minimum atomic E-state index is -0.896. The van der Waals surface area contributed by atoms with E-state index in [1.807, 2.05) is 162 Å². The molecule has 8 aromatic carbocycles. The first kappa shape index (κ1) is 104. The minimum Gasteiger partial charge on any atom is -0.492 e. The van der Waals surface area contributed by atoms with Crippen LogP contribution in [0.3, 0.4) is 0 Å². The van der Waals surface area contributed by atoms with Crippen molar-refractivity contribution in [2.24, 2.45) is 11.8 Å². The highest BCUT2D eigenvalue weighted by Gasteiger charge is 2.48. The molecule has 30 nitrogen and oxygen atoms in total. The number of carbonyl (C=O) groups is 7. The van der Waals surface area contributed by atoms with Gasteiger partial charge in [-0.3, -0.25) is 48.3 Å². The van der Waals surface area contributed by atoms with Gasteiger partial charge in [-0.15, -0.1) is 22.7 Å². The number of carbonyl (C=O) groups excluding carboxylic acids is 7. The molecule has 4 saturated heterocycles. The molecule has 1 aliphatic carbocycles. The van der Waals surface area contributed by atoms with E-state index in [9.17, 15) is 43.8 Å². The first-order chi connectivity index (χ1) is 70.4. The molecule has 6 aliphatic heterocycles. The zero-order valence-corrected chi connectivity index (χ0v) is 85.1. The van der Waals surface area contributed by atoms with Crippen molar-refractivity contribution in [2.45, 2.75) is 157 Å². The lowest BCUT2D eigenvalue weighted by molar-refractivity contribution is -0.143. The fraction of sp³-hybridized carbons (Fsp3) is 0.348. The molecule has 11 heterocycles. The molecule has 146 heavy (non-hydrogen) atoms. The van der Waals surface area contributed by atoms with Gasteiger partial charge < -0.3 is 70.9 Å². The van der Waals surface area contributed by atoms with Gasteiger partial charge in [0.05, 0.1) is 55.5 Å². The maximum Gasteiger partial charge on any atom is 0.255 e. The second-order valence-electron chi connectivity index (χ2n) is 38.3. The third-order valence-corrected chi connectivity index (χ3v) is 30.5. The number of ether oxygens (including phenoxy) is 2. The Hall–Kier alpha value is -13.5. The van der Waals surface area contributed by atoms with E-state index in [4.69, 9.17) is 32.7 Å². The molecule has 13 aromatic rings. The van der Waals surface area contributed by atoms with Crippen molar-refractivity contribution in [3.05, 3.63) is 306 Å². The van der Waals surface area contributed by atoms with Gasteiger partial charge in [0.1, 0.15) is 78.8 Å². The normalized spacial score (nSPS) is 17.5. The van der Waals surface area contributed by atoms with Crippen LogP contribution in [0.2, 0.25) is 10.0 Å². The number of benzene rings is 8. The second kappa shape index (κ2) is 47.8. The second-order valence-corrected chi connectivity index (χ2v) is 40.8. The van der Waals surface area contributed by atoms with Gasteiger partial charge in [-0.25, -0.2) is 29.9 Å². The highest BCUT2D eigenvalue weighted by atomic mass is 35.5. The molecule has 34 heteroatoms. The van der Waals surface area contributed by atoms with E-state index in [1.165, 1.54) is 43.4 Å². The summed E-state index contributed by atoms with van der Waals surface area (Å²) in [6.07, 6.45) is 5.38. The Kier molecular flexibility index (Phi) is 34.0. The average Bonchev–Trinajstić information content (AvgIpc) is 1.62. The average molecular weight is 2050 g/mol. The molecule has 0 saturated carbocycles. The van der Waals surface area contributed by atoms with Crippen molar-refractivity contribution in [2.75, 3.05) is 95.8 Å². The zero-order chi connectivity index (χ0) is 101. The quantitative estimate of drug-likeness (QED) is 0.0177. The Labute approximate surface area is 868 Å². The number of fused-ring (bicyclic) bond motifs is 4. The Morgan fingerprint density at radius 2 is 1.00 bits per heavy atom. The number of amides is 6. The van der Waals surface area contributed by atoms with Crippen LogP contribution in [0.5, 0.6) is 11.5 Å². The number of β-amino-alcohol motifs (C(OH)–C–C–N with tert-alkyl or cyclic N) is 2. The summed E-state index contributed by atoms with van der Waals surface area (Å²) in [5.41, 5.74) is 23.8. The maximum atomic E-state index is 14.3. The molecular weight excluding hydrogens is 1920 g/mol. The van der Waals surface area contributed by atoms with E-state index in [0.717, 1.165) is 189 Å². The predicted octanol–water partition coefficient (Wildman–Crippen LogP) is 15.6. The van der Waals surface area contributed by atoms with E-state index < -0.39 is 42.3 Å². The molecule has 7 aliphatic rings. The van der Waals surface area contributed by atoms with Crippen molar-refractivity contribution >= 4 is 122 Å². The number of anilines is 2. The summed E-state index contributed by atoms with van der Waals surface area (Å²) in [4.78, 5) is 139. The number of nitrogens with one attached hydrogen (secondary N) is 6. The Morgan fingerprint density at radius 3 is 1.51 bits per heavy atom. The first-order valence-electron chi connectivity index (χ1n) is 49.4. The molecular formula is C112H123Cl2N19O11S2. The molecule has 758 valence electrons. The fourth-order valence-corrected chi connectivity index (χ4v) is 22.1. The largest absolute Gasteiger partial charge is 0.492 e. The summed E-state index contributed by atoms with van der Waals surface area (Å²) in [6, 6.07) is 58.3. The number of aromatic nitrogens is 7. The number of aldehydes is 1. The van der Waals surface area contributed by atoms with Gasteiger partial charge in [-0.1, -0.05) is 204 Å². The van der Waals surface area contributed by atoms with Gasteiger partial charge in [0.2, 0.25) is 23.6 Å². The number of H-pyrrole nitrogens is 1. The number of aromatic amines is 1. The minimum absolute atomic E-state index is 0. The van der Waals surface area contributed by atoms with Crippen LogP contribution in [0.1, 0.15) is 141 Å². The molecule has 6 amide bonds. The van der Waals surface area contributed by atoms with Gasteiger partial charge in [0, 0.05) is 187 Å². The van der Waals surface area contributed by atoms with Crippen molar-refractivity contribution in [3.8, 4) is 43.6 Å². The van der Waals surface area contributed by atoms with Gasteiger partial charge in [-0.2, -0.15) is 0 Å². The maximum absolute atomic E-state index is 14.3. The van der Waals surface area contributed by atoms with Crippen LogP contribution in [-0.4, -0.2) is 243 Å². The molecule has 0 bridgehead atoms. The molecule has 0 radical (unpaired) electrons. The Morgan fingerprint density at radius 1 is 0.527 bits per heavy atom. The summed E-state index contributed by atoms with van der Waals surface area (Å²) in [5.74, 6) is 0.423. The third kappa shape index (κ3) is 24.2. The lowest BCUT2D eigenvalue weighted by Gasteiger charge is -2.35. The van der Waals surface area contributed by atoms with Crippen LogP contribution in [0.4, 0.5) is 11.6 Å². The SMILES string of the molecule is C.Cc1ncsc1-c1ccc(CNC(=O)[C@@H]2C[C@@H](O)CN2C(=O)[C@H](C(C)C)N2Cc3ccccc3C2=O)c(OCC=O)c1.Cc1ncsc1-c1ccc(CNC(=O)[C@@H]2C[C@@H](O)CN2C(=O)[C@H](C(C)C)N2Cc3ccccc3C2=O)c(OCCN2CCN(Cc3ccc(-c4cc5c(NCc6ccccc6Cl)ncnc5[nH]4)cc3)CC2)c1.Clc1ccccc1CNc1ncnc2c1C=C(c1ccc(CN3CCNCC3)cc1)C2. The number of aliphatic hydroxyl groups is 2. The van der Waals surface area contributed by atoms with E-state index in [0.29, 0.717) is 72.3 Å². The smallest absolute Gasteiger partial charge is 0.255 e. The predicted molar refractivity (Wildman–Crippen MR) is 571 cm³/mol. The fourth-order valence-electron chi connectivity index (χ4n) is 20.1. The van der Waals surface area contributed by atoms with Crippen molar-refractivity contribution in [1.82, 2.24) is 85.1 Å². The van der Waals surface area contributed by atoms with E-state index in [2.05, 4.69) is 137 Å². The van der Waals surface area contributed by atoms with E-state index in [-0.39, 0.29) is 94.4 Å². The Bertz CT molecular complexity index is 6890. The molecule has 4 fully saturated rings. The highest BCUT2D eigenvalue weighted by Crippen LogP contribution is 2.40. The number of hydrogen-bond acceptors (Lipinski definition) is 25. The van der Waals surface area contributed by atoms with Crippen molar-refractivity contribution in [1.29, 1.82) is 0 Å². The number of aryl methyl sites for hydroxylation is 2. The summed E-state index contributed by atoms with van der Waals surface area (Å²) in [5, 5.41) is 39.9. The lowest BCUT2D eigenvalue weighted by Crippen LogP contribution is -2.55. The van der Waals surface area contributed by atoms with Crippen molar-refractivity contribution < 1.29 is 53.2 Å². The molecule has 0 unspecified atom stereocenters. The molecule has 6 atom stereocenters. The lowest BCUT2D eigenvalue weighted by atomic mass is 10.0. The summed E-state index contributed by atoms with van der Waals surface area (Å²) < 4.78 is 12.2. The van der Waals surface area contributed by atoms with Gasteiger partial charge in [-0.05, 0) is 135 Å². The van der Waals surface area contributed by atoms with Gasteiger partial charge in [0.25, 0.3) is 11.8 Å². The van der Waals surface area contributed by atoms with Gasteiger partial charge in [0.15, 0.2) is 6.29 Å². The number of thiazole rings is 2. The Balaban J connectivity index is 0.000000166. The number of aliphatic hydroxyl groups excluding tert-OH is 2. The van der Waals surface area contributed by atoms with Crippen LogP contribution in [0.15, 0.2) is 212 Å². The number of rotatable bonds is 33. The highest BCUT2D eigenvalue weighted by molar-refractivity contribution is 7.13. The summed E-state index contributed by atoms with van der Waals surface area (Å²) in [6.45, 7) is 24.6. The standard InChI is InChI=1S/C55H59ClN10O5S.C31H34N4O6S.C25H26ClN5.CH4/c1-34(2)49(66-30-41-9-4-6-10-43(41)54(66)69)55(70)65-31-42(67)25-47(65)53(68)58-28-40-17-16-38(50-35(3)61-33-72-50)24-48(40)71-23-22-63-18-20-64(21-19-63)29-36-12-14-37(15-13-36)46-26-44-51(59-32-60-52(44)62-46)57-27-39-8-5-7-11-45(39)56;1-18(2)27(35-15-22-6-4-5-7-24(22)30(35)39)31(40)34-16-23(37)13-25(34)29(38)32-14-21-9-8-20(12-26(21)41-11-10-36)28-19(3)33-17-42-28;26-23-4-2-1-3-20(23)15-28-25-22-13-21(14-24(22)29-17-30-25)19-7-5-18(6-8-19)16-31-11-9-27-10-12-31;/h4-17,24,26,32-34,42,47,49,67H,18-23,25,27-31H2,1-3H3,(H,58,68)(H2,57,59,60,62);4-10,12,17-18,23,25,27,37H,11,13-16H2,1-3H3,(H,32,38);1-8,13,17,27H,9-12,14-16H2,(H,28,29,30);1H4/t42-,47+,49+;23-,25+,27+;;/m11../s1. The number of likely N-dealkylation sites (tertiary alicyclic amines) is 2. The zero-order valence-electron chi connectivity index (χ0n) is 81.9. The van der Waals surface area contributed by atoms with Gasteiger partial charge >= 0.3 is 0 Å². The monoisotopic (exact) mass is 2040 g/mol. The molecule has 8 N–H and O–H groups in total. The number of allylic oxidation sites excluding steroid dienone is 1.